The number of aromatic nitrogens is 2. The lowest BCUT2D eigenvalue weighted by molar-refractivity contribution is 0.239. The van der Waals surface area contributed by atoms with E-state index < -0.39 is 9.84 Å². The highest BCUT2D eigenvalue weighted by atomic mass is 32.2. The van der Waals surface area contributed by atoms with E-state index >= 15 is 0 Å². The van der Waals surface area contributed by atoms with Gasteiger partial charge in [-0.3, -0.25) is 4.57 Å². The van der Waals surface area contributed by atoms with Crippen LogP contribution in [0.1, 0.15) is 6.42 Å². The number of carbonyl (C=O) groups is 1. The summed E-state index contributed by atoms with van der Waals surface area (Å²) in [6, 6.07) is -0.612. The molecule has 6 nitrogen and oxygen atoms in total. The minimum absolute atomic E-state index is 0.0352. The van der Waals surface area contributed by atoms with Gasteiger partial charge in [0.05, 0.1) is 11.5 Å². The van der Waals surface area contributed by atoms with Gasteiger partial charge >= 0.3 is 6.03 Å². The molecule has 1 aliphatic heterocycles. The first-order chi connectivity index (χ1) is 7.07. The van der Waals surface area contributed by atoms with Crippen molar-refractivity contribution in [3.8, 4) is 0 Å². The van der Waals surface area contributed by atoms with E-state index in [0.717, 1.165) is 0 Å². The van der Waals surface area contributed by atoms with Crippen molar-refractivity contribution in [2.24, 2.45) is 0 Å². The van der Waals surface area contributed by atoms with Crippen LogP contribution in [0.25, 0.3) is 0 Å². The summed E-state index contributed by atoms with van der Waals surface area (Å²) < 4.78 is 23.6. The van der Waals surface area contributed by atoms with Crippen LogP contribution < -0.4 is 5.32 Å². The molecule has 82 valence electrons. The topological polar surface area (TPSA) is 81.1 Å². The van der Waals surface area contributed by atoms with Crippen molar-refractivity contribution >= 4 is 15.9 Å². The Bertz CT molecular complexity index is 451. The third kappa shape index (κ3) is 2.35. The number of nitrogens with one attached hydrogen (secondary N) is 1. The summed E-state index contributed by atoms with van der Waals surface area (Å²) >= 11 is 0. The van der Waals surface area contributed by atoms with Gasteiger partial charge in [0, 0.05) is 18.4 Å². The standard InChI is InChI=1S/C8H11N3O3S/c12-8(11-3-2-9-6-11)10-7-1-4-15(13,14)5-7/h2-3,6-7H,1,4-5H2,(H,10,12)/t7-/m0/s1. The fourth-order valence-electron chi connectivity index (χ4n) is 1.54. The molecule has 0 spiro atoms. The monoisotopic (exact) mass is 229 g/mol. The molecule has 0 aliphatic carbocycles. The van der Waals surface area contributed by atoms with E-state index in [-0.39, 0.29) is 23.6 Å². The molecule has 1 saturated heterocycles. The molecule has 0 radical (unpaired) electrons. The van der Waals surface area contributed by atoms with Crippen LogP contribution in [0.5, 0.6) is 0 Å². The van der Waals surface area contributed by atoms with Crippen LogP contribution in [0, 0.1) is 0 Å². The molecule has 0 aromatic carbocycles. The van der Waals surface area contributed by atoms with Crippen molar-refractivity contribution in [3.05, 3.63) is 18.7 Å². The van der Waals surface area contributed by atoms with Crippen LogP contribution in [0.15, 0.2) is 18.7 Å². The van der Waals surface area contributed by atoms with E-state index in [1.807, 2.05) is 0 Å². The Morgan fingerprint density at radius 1 is 1.53 bits per heavy atom. The molecular weight excluding hydrogens is 218 g/mol. The van der Waals surface area contributed by atoms with E-state index in [9.17, 15) is 13.2 Å². The number of hydrogen-bond acceptors (Lipinski definition) is 4. The van der Waals surface area contributed by atoms with E-state index in [0.29, 0.717) is 6.42 Å². The van der Waals surface area contributed by atoms with Crippen molar-refractivity contribution in [2.45, 2.75) is 12.5 Å². The van der Waals surface area contributed by atoms with E-state index in [1.54, 1.807) is 0 Å². The third-order valence-corrected chi connectivity index (χ3v) is 4.07. The van der Waals surface area contributed by atoms with E-state index in [4.69, 9.17) is 0 Å². The Hall–Kier alpha value is -1.37. The summed E-state index contributed by atoms with van der Waals surface area (Å²) in [5.74, 6) is 0.190. The first kappa shape index (κ1) is 10.2. The zero-order chi connectivity index (χ0) is 10.9. The van der Waals surface area contributed by atoms with Gasteiger partial charge < -0.3 is 5.32 Å². The summed E-state index contributed by atoms with van der Waals surface area (Å²) in [6.45, 7) is 0. The number of carbonyl (C=O) groups excluding carboxylic acids is 1. The van der Waals surface area contributed by atoms with Gasteiger partial charge in [-0.2, -0.15) is 0 Å². The molecule has 1 aliphatic rings. The van der Waals surface area contributed by atoms with Gasteiger partial charge in [0.25, 0.3) is 0 Å². The Kier molecular flexibility index (Phi) is 2.47. The Balaban J connectivity index is 1.97. The second-order valence-corrected chi connectivity index (χ2v) is 5.75. The van der Waals surface area contributed by atoms with E-state index in [2.05, 4.69) is 10.3 Å². The average Bonchev–Trinajstić information content (AvgIpc) is 2.74. The van der Waals surface area contributed by atoms with E-state index in [1.165, 1.54) is 23.3 Å². The van der Waals surface area contributed by atoms with Gasteiger partial charge in [0.1, 0.15) is 6.33 Å². The number of nitrogens with zero attached hydrogens (tertiary/aromatic N) is 2. The SMILES string of the molecule is O=C(N[C@H]1CCS(=O)(=O)C1)n1ccnc1. The summed E-state index contributed by atoms with van der Waals surface area (Å²) in [6.07, 6.45) is 4.87. The summed E-state index contributed by atoms with van der Waals surface area (Å²) in [5.41, 5.74) is 0. The molecule has 0 unspecified atom stereocenters. The van der Waals surface area contributed by atoms with Crippen LogP contribution in [0.4, 0.5) is 4.79 Å². The zero-order valence-corrected chi connectivity index (χ0v) is 8.77. The lowest BCUT2D eigenvalue weighted by Gasteiger charge is -2.10. The molecule has 2 rings (SSSR count). The molecule has 1 atom stereocenters. The van der Waals surface area contributed by atoms with Crippen LogP contribution in [0.3, 0.4) is 0 Å². The van der Waals surface area contributed by atoms with Crippen LogP contribution in [-0.4, -0.2) is 41.5 Å². The molecule has 1 fully saturated rings. The maximum Gasteiger partial charge on any atom is 0.327 e. The summed E-state index contributed by atoms with van der Waals surface area (Å²) in [7, 11) is -2.95. The molecule has 15 heavy (non-hydrogen) atoms. The van der Waals surface area contributed by atoms with Crippen molar-refractivity contribution in [1.82, 2.24) is 14.9 Å². The molecule has 1 N–H and O–H groups in total. The van der Waals surface area contributed by atoms with Crippen molar-refractivity contribution in [1.29, 1.82) is 0 Å². The van der Waals surface area contributed by atoms with Gasteiger partial charge in [-0.05, 0) is 6.42 Å². The second-order valence-electron chi connectivity index (χ2n) is 3.52. The van der Waals surface area contributed by atoms with Crippen molar-refractivity contribution in [3.63, 3.8) is 0 Å². The van der Waals surface area contributed by atoms with Gasteiger partial charge in [0.2, 0.25) is 0 Å². The Morgan fingerprint density at radius 2 is 2.33 bits per heavy atom. The normalized spacial score (nSPS) is 23.9. The minimum atomic E-state index is -2.95. The van der Waals surface area contributed by atoms with Crippen LogP contribution in [0.2, 0.25) is 0 Å². The second kappa shape index (κ2) is 3.65. The number of rotatable bonds is 1. The quantitative estimate of drug-likeness (QED) is 0.712. The first-order valence-electron chi connectivity index (χ1n) is 4.56. The Morgan fingerprint density at radius 3 is 2.87 bits per heavy atom. The van der Waals surface area contributed by atoms with Crippen LogP contribution >= 0.6 is 0 Å². The van der Waals surface area contributed by atoms with Gasteiger partial charge in [0.15, 0.2) is 9.84 Å². The number of amides is 1. The maximum absolute atomic E-state index is 11.5. The molecule has 0 saturated carbocycles. The predicted octanol–water partition coefficient (Wildman–Crippen LogP) is -0.372. The molecule has 2 heterocycles. The van der Waals surface area contributed by atoms with Crippen molar-refractivity contribution < 1.29 is 13.2 Å². The molecule has 1 aromatic rings. The molecule has 7 heteroatoms. The van der Waals surface area contributed by atoms with Crippen molar-refractivity contribution in [2.75, 3.05) is 11.5 Å². The summed E-state index contributed by atoms with van der Waals surface area (Å²) in [5, 5.41) is 2.64. The molecule has 1 amide bonds. The lowest BCUT2D eigenvalue weighted by atomic mass is 10.3. The molecule has 0 bridgehead atoms. The van der Waals surface area contributed by atoms with Gasteiger partial charge in [-0.15, -0.1) is 0 Å². The first-order valence-corrected chi connectivity index (χ1v) is 6.38. The molecule has 1 aromatic heterocycles. The third-order valence-electron chi connectivity index (χ3n) is 2.30. The smallest absolute Gasteiger partial charge is 0.327 e. The fourth-order valence-corrected chi connectivity index (χ4v) is 3.21. The van der Waals surface area contributed by atoms with Gasteiger partial charge in [-0.1, -0.05) is 0 Å². The molecular formula is C8H11N3O3S. The maximum atomic E-state index is 11.5. The fraction of sp³-hybridized carbons (Fsp3) is 0.500. The number of hydrogen-bond donors (Lipinski definition) is 1. The predicted molar refractivity (Wildman–Crippen MR) is 53.2 cm³/mol. The highest BCUT2D eigenvalue weighted by Crippen LogP contribution is 2.11. The average molecular weight is 229 g/mol. The van der Waals surface area contributed by atoms with Crippen LogP contribution in [-0.2, 0) is 9.84 Å². The lowest BCUT2D eigenvalue weighted by Crippen LogP contribution is -2.37. The summed E-state index contributed by atoms with van der Waals surface area (Å²) in [4.78, 5) is 15.2. The van der Waals surface area contributed by atoms with Gasteiger partial charge in [-0.25, -0.2) is 18.2 Å². The highest BCUT2D eigenvalue weighted by molar-refractivity contribution is 7.91. The zero-order valence-electron chi connectivity index (χ0n) is 7.96. The number of imidazole rings is 1. The Labute approximate surface area is 87.2 Å². The number of sulfone groups is 1. The highest BCUT2D eigenvalue weighted by Gasteiger charge is 2.29. The largest absolute Gasteiger partial charge is 0.334 e. The minimum Gasteiger partial charge on any atom is -0.334 e.